The second-order valence-corrected chi connectivity index (χ2v) is 9.60. The lowest BCUT2D eigenvalue weighted by Gasteiger charge is -2.45. The lowest BCUT2D eigenvalue weighted by molar-refractivity contribution is -0.158. The number of alkyl halides is 3. The molecule has 1 heterocycles. The lowest BCUT2D eigenvalue weighted by atomic mass is 9.61. The molecule has 1 aliphatic heterocycles. The van der Waals surface area contributed by atoms with Crippen molar-refractivity contribution in [1.82, 2.24) is 4.90 Å². The van der Waals surface area contributed by atoms with Crippen LogP contribution in [0.15, 0.2) is 23.2 Å². The Hall–Kier alpha value is -2.29. The molecule has 4 rings (SSSR count). The van der Waals surface area contributed by atoms with Crippen LogP contribution in [0.4, 0.5) is 13.2 Å². The molecule has 1 aromatic carbocycles. The van der Waals surface area contributed by atoms with Gasteiger partial charge in [-0.3, -0.25) is 9.69 Å². The van der Waals surface area contributed by atoms with E-state index >= 15 is 0 Å². The number of guanidine groups is 1. The first-order valence-corrected chi connectivity index (χ1v) is 11.0. The molecule has 32 heavy (non-hydrogen) atoms. The number of hydrogen-bond donors (Lipinski definition) is 1. The highest BCUT2D eigenvalue weighted by Gasteiger charge is 2.67. The molecule has 0 aromatic heterocycles. The second kappa shape index (κ2) is 7.93. The number of halogens is 3. The zero-order valence-corrected chi connectivity index (χ0v) is 18.7. The molecule has 1 aromatic rings. The molecule has 6 nitrogen and oxygen atoms in total. The van der Waals surface area contributed by atoms with E-state index in [9.17, 15) is 18.0 Å². The van der Waals surface area contributed by atoms with Crippen molar-refractivity contribution in [3.63, 3.8) is 0 Å². The largest absolute Gasteiger partial charge is 0.493 e. The maximum absolute atomic E-state index is 13.7. The fraction of sp³-hybridized carbons (Fsp3) is 0.652. The first-order chi connectivity index (χ1) is 15.0. The highest BCUT2D eigenvalue weighted by Crippen LogP contribution is 2.62. The smallest absolute Gasteiger partial charge is 0.406 e. The van der Waals surface area contributed by atoms with Crippen LogP contribution in [0.1, 0.15) is 50.7 Å². The van der Waals surface area contributed by atoms with E-state index in [-0.39, 0.29) is 12.1 Å². The van der Waals surface area contributed by atoms with E-state index in [0.29, 0.717) is 60.8 Å². The van der Waals surface area contributed by atoms with Gasteiger partial charge in [0.1, 0.15) is 12.3 Å². The number of methoxy groups -OCH3 is 1. The van der Waals surface area contributed by atoms with E-state index in [1.807, 2.05) is 26.0 Å². The van der Waals surface area contributed by atoms with Crippen molar-refractivity contribution >= 4 is 11.9 Å². The van der Waals surface area contributed by atoms with Gasteiger partial charge in [-0.25, -0.2) is 4.99 Å². The van der Waals surface area contributed by atoms with Gasteiger partial charge in [-0.2, -0.15) is 13.2 Å². The molecule has 2 N–H and O–H groups in total. The minimum atomic E-state index is -4.58. The van der Waals surface area contributed by atoms with Gasteiger partial charge in [0.2, 0.25) is 0 Å². The third-order valence-electron chi connectivity index (χ3n) is 7.02. The molecule has 1 fully saturated rings. The monoisotopic (exact) mass is 453 g/mol. The predicted octanol–water partition coefficient (Wildman–Crippen LogP) is 3.77. The Morgan fingerprint density at radius 3 is 2.56 bits per heavy atom. The number of rotatable bonds is 5. The van der Waals surface area contributed by atoms with E-state index in [1.54, 1.807) is 13.2 Å². The van der Waals surface area contributed by atoms with Crippen molar-refractivity contribution in [3.8, 4) is 5.75 Å². The van der Waals surface area contributed by atoms with Crippen LogP contribution in [0.5, 0.6) is 5.75 Å². The molecule has 1 saturated carbocycles. The van der Waals surface area contributed by atoms with Crippen LogP contribution in [-0.4, -0.2) is 49.3 Å². The Labute approximate surface area is 185 Å². The summed E-state index contributed by atoms with van der Waals surface area (Å²) in [6, 6.07) is 5.55. The molecule has 9 heteroatoms. The third-order valence-corrected chi connectivity index (χ3v) is 7.02. The van der Waals surface area contributed by atoms with Gasteiger partial charge in [-0.15, -0.1) is 0 Å². The molecular formula is C23H30F3N3O3. The number of amides is 1. The summed E-state index contributed by atoms with van der Waals surface area (Å²) in [5, 5.41) is 0. The molecule has 1 atom stereocenters. The summed E-state index contributed by atoms with van der Waals surface area (Å²) in [5.41, 5.74) is 5.40. The fourth-order valence-corrected chi connectivity index (χ4v) is 5.53. The zero-order chi connectivity index (χ0) is 23.3. The first kappa shape index (κ1) is 22.9. The van der Waals surface area contributed by atoms with Gasteiger partial charge in [0, 0.05) is 12.5 Å². The summed E-state index contributed by atoms with van der Waals surface area (Å²) in [7, 11) is 1.65. The Balaban J connectivity index is 1.80. The molecule has 176 valence electrons. The molecule has 2 spiro atoms. The summed E-state index contributed by atoms with van der Waals surface area (Å²) in [6.07, 6.45) is -1.29. The minimum absolute atomic E-state index is 0.0652. The van der Waals surface area contributed by atoms with Gasteiger partial charge in [0.15, 0.2) is 11.5 Å². The summed E-state index contributed by atoms with van der Waals surface area (Å²) < 4.78 is 51.1. The molecule has 0 radical (unpaired) electrons. The number of fused-ring (bicyclic) bond motifs is 3. The van der Waals surface area contributed by atoms with Crippen LogP contribution in [0.3, 0.4) is 0 Å². The highest BCUT2D eigenvalue weighted by atomic mass is 19.4. The zero-order valence-electron chi connectivity index (χ0n) is 18.7. The molecule has 1 unspecified atom stereocenters. The van der Waals surface area contributed by atoms with Crippen LogP contribution < -0.4 is 10.5 Å². The third kappa shape index (κ3) is 3.64. The van der Waals surface area contributed by atoms with Gasteiger partial charge in [0.25, 0.3) is 5.91 Å². The van der Waals surface area contributed by atoms with Crippen molar-refractivity contribution < 1.29 is 27.4 Å². The van der Waals surface area contributed by atoms with Crippen LogP contribution in [0.2, 0.25) is 0 Å². The Morgan fingerprint density at radius 2 is 1.97 bits per heavy atom. The Bertz CT molecular complexity index is 923. The number of carbonyl (C=O) groups excluding carboxylic acids is 1. The fourth-order valence-electron chi connectivity index (χ4n) is 5.53. The topological polar surface area (TPSA) is 77.2 Å². The maximum atomic E-state index is 13.7. The van der Waals surface area contributed by atoms with E-state index < -0.39 is 29.6 Å². The average molecular weight is 454 g/mol. The average Bonchev–Trinajstić information content (AvgIpc) is 3.13. The highest BCUT2D eigenvalue weighted by molar-refractivity contribution is 6.08. The molecule has 0 bridgehead atoms. The van der Waals surface area contributed by atoms with E-state index in [0.717, 1.165) is 5.56 Å². The quantitative estimate of drug-likeness (QED) is 0.736. The predicted molar refractivity (Wildman–Crippen MR) is 113 cm³/mol. The van der Waals surface area contributed by atoms with Crippen LogP contribution in [0, 0.1) is 11.3 Å². The number of aliphatic imine (C=N–C) groups is 1. The first-order valence-electron chi connectivity index (χ1n) is 11.0. The second-order valence-electron chi connectivity index (χ2n) is 9.60. The minimum Gasteiger partial charge on any atom is -0.493 e. The van der Waals surface area contributed by atoms with Gasteiger partial charge in [-0.1, -0.05) is 19.9 Å². The van der Waals surface area contributed by atoms with Crippen molar-refractivity contribution in [1.29, 1.82) is 0 Å². The number of hydrogen-bond acceptors (Lipinski definition) is 5. The molecule has 0 saturated heterocycles. The van der Waals surface area contributed by atoms with Crippen molar-refractivity contribution in [2.24, 2.45) is 22.1 Å². The Morgan fingerprint density at radius 1 is 1.28 bits per heavy atom. The molecule has 3 aliphatic rings. The number of nitrogens with zero attached hydrogens (tertiary/aromatic N) is 2. The van der Waals surface area contributed by atoms with Crippen molar-refractivity contribution in [3.05, 3.63) is 29.3 Å². The van der Waals surface area contributed by atoms with Crippen molar-refractivity contribution in [2.45, 2.75) is 63.8 Å². The maximum Gasteiger partial charge on any atom is 0.406 e. The summed E-state index contributed by atoms with van der Waals surface area (Å²) >= 11 is 0. The van der Waals surface area contributed by atoms with E-state index in [1.165, 1.54) is 0 Å². The van der Waals surface area contributed by atoms with E-state index in [2.05, 4.69) is 4.99 Å². The van der Waals surface area contributed by atoms with Crippen LogP contribution in [0.25, 0.3) is 0 Å². The van der Waals surface area contributed by atoms with Crippen LogP contribution in [-0.2, 0) is 21.5 Å². The Kier molecular flexibility index (Phi) is 5.68. The number of ether oxygens (including phenoxy) is 2. The van der Waals surface area contributed by atoms with E-state index in [4.69, 9.17) is 15.2 Å². The molecule has 2 aliphatic carbocycles. The van der Waals surface area contributed by atoms with Crippen molar-refractivity contribution in [2.75, 3.05) is 20.3 Å². The summed E-state index contributed by atoms with van der Waals surface area (Å²) in [4.78, 5) is 18.9. The lowest BCUT2D eigenvalue weighted by Crippen LogP contribution is -2.53. The molecular weight excluding hydrogens is 423 g/mol. The number of nitrogens with two attached hydrogens (primary N) is 1. The number of carbonyl (C=O) groups is 1. The normalized spacial score (nSPS) is 29.8. The van der Waals surface area contributed by atoms with Crippen LogP contribution >= 0.6 is 0 Å². The molecule has 1 amide bonds. The van der Waals surface area contributed by atoms with Gasteiger partial charge in [-0.05, 0) is 61.3 Å². The van der Waals surface area contributed by atoms with Gasteiger partial charge < -0.3 is 15.2 Å². The van der Waals surface area contributed by atoms with Gasteiger partial charge >= 0.3 is 6.18 Å². The SMILES string of the molecule is COC1CCC2(CC1)Cc1ccc(OCC(C)C)cc1C21N=C(N)N(CC(F)(F)F)C1=O. The standard InChI is InChI=1S/C23H30F3N3O3/c1-14(2)12-32-17-5-4-15-11-21(8-6-16(31-3)7-9-21)23(18(15)10-17)19(30)29(20(27)28-23)13-22(24,25)26/h4-5,10,14,16H,6-9,11-13H2,1-3H3,(H2,27,28). The number of benzene rings is 1. The summed E-state index contributed by atoms with van der Waals surface area (Å²) in [5.74, 6) is -0.183. The van der Waals surface area contributed by atoms with Gasteiger partial charge in [0.05, 0.1) is 12.7 Å². The summed E-state index contributed by atoms with van der Waals surface area (Å²) in [6.45, 7) is 3.10.